The van der Waals surface area contributed by atoms with Gasteiger partial charge in [-0.05, 0) is 55.8 Å². The number of hydrogen-bond acceptors (Lipinski definition) is 5. The Hall–Kier alpha value is -4.59. The number of hydrogen-bond donors (Lipinski definition) is 1. The summed E-state index contributed by atoms with van der Waals surface area (Å²) in [4.78, 5) is 64.9. The molecule has 0 aliphatic carbocycles. The summed E-state index contributed by atoms with van der Waals surface area (Å²) in [5.74, 6) is -3.06. The van der Waals surface area contributed by atoms with E-state index in [1.54, 1.807) is 18.2 Å². The predicted molar refractivity (Wildman–Crippen MR) is 118 cm³/mol. The van der Waals surface area contributed by atoms with Crippen LogP contribution in [0.4, 0.5) is 5.69 Å². The smallest absolute Gasteiger partial charge is 0.268 e. The summed E-state index contributed by atoms with van der Waals surface area (Å²) < 4.78 is 0. The fourth-order valence-corrected chi connectivity index (χ4v) is 4.11. The zero-order valence-corrected chi connectivity index (χ0v) is 17.7. The van der Waals surface area contributed by atoms with Crippen LogP contribution in [0.1, 0.15) is 62.9 Å². The normalized spacial score (nSPS) is 14.6. The molecule has 33 heavy (non-hydrogen) atoms. The third-order valence-electron chi connectivity index (χ3n) is 5.75. The largest absolute Gasteiger partial charge is 0.280 e. The number of hydrazine groups is 1. The first-order chi connectivity index (χ1) is 15.8. The Balaban J connectivity index is 1.43. The van der Waals surface area contributed by atoms with Crippen LogP contribution in [0, 0.1) is 13.8 Å². The van der Waals surface area contributed by atoms with Crippen LogP contribution in [0.25, 0.3) is 0 Å². The molecule has 0 radical (unpaired) electrons. The minimum absolute atomic E-state index is 0.0361. The molecule has 0 aromatic heterocycles. The van der Waals surface area contributed by atoms with E-state index in [1.807, 2.05) is 26.0 Å². The first-order valence-corrected chi connectivity index (χ1v) is 10.2. The van der Waals surface area contributed by atoms with E-state index in [1.165, 1.54) is 30.3 Å². The van der Waals surface area contributed by atoms with Crippen LogP contribution < -0.4 is 10.3 Å². The van der Waals surface area contributed by atoms with Crippen molar-refractivity contribution in [1.29, 1.82) is 0 Å². The van der Waals surface area contributed by atoms with Crippen molar-refractivity contribution in [2.24, 2.45) is 0 Å². The molecule has 8 heteroatoms. The molecule has 3 aromatic carbocycles. The molecule has 162 valence electrons. The lowest BCUT2D eigenvalue weighted by atomic mass is 10.1. The second-order valence-electron chi connectivity index (χ2n) is 7.93. The number of aryl methyl sites for hydroxylation is 2. The topological polar surface area (TPSA) is 104 Å². The molecule has 5 rings (SSSR count). The van der Waals surface area contributed by atoms with Gasteiger partial charge in [0.2, 0.25) is 0 Å². The Bertz CT molecular complexity index is 1390. The summed E-state index contributed by atoms with van der Waals surface area (Å²) in [6.07, 6.45) is 0. The highest BCUT2D eigenvalue weighted by atomic mass is 16.2. The number of rotatable bonds is 3. The van der Waals surface area contributed by atoms with Gasteiger partial charge in [0.05, 0.1) is 27.9 Å². The molecule has 1 N–H and O–H groups in total. The number of amides is 5. The Morgan fingerprint density at radius 2 is 1.30 bits per heavy atom. The highest BCUT2D eigenvalue weighted by Crippen LogP contribution is 2.31. The molecule has 0 fully saturated rings. The van der Waals surface area contributed by atoms with Gasteiger partial charge in [0, 0.05) is 5.56 Å². The molecule has 8 nitrogen and oxygen atoms in total. The van der Waals surface area contributed by atoms with E-state index in [0.29, 0.717) is 10.7 Å². The minimum atomic E-state index is -0.752. The summed E-state index contributed by atoms with van der Waals surface area (Å²) in [6.45, 7) is 3.73. The Morgan fingerprint density at radius 1 is 0.697 bits per heavy atom. The maximum absolute atomic E-state index is 13.1. The number of fused-ring (bicyclic) bond motifs is 2. The van der Waals surface area contributed by atoms with E-state index in [9.17, 15) is 24.0 Å². The zero-order chi connectivity index (χ0) is 23.4. The average Bonchev–Trinajstić information content (AvgIpc) is 3.19. The molecule has 2 aliphatic rings. The van der Waals surface area contributed by atoms with E-state index in [2.05, 4.69) is 5.43 Å². The summed E-state index contributed by atoms with van der Waals surface area (Å²) in [5, 5.41) is 0.648. The van der Waals surface area contributed by atoms with Crippen LogP contribution in [0.5, 0.6) is 0 Å². The number of nitrogens with zero attached hydrogens (tertiary/aromatic N) is 2. The number of imide groups is 2. The molecular weight excluding hydrogens is 422 g/mol. The van der Waals surface area contributed by atoms with Crippen LogP contribution in [-0.2, 0) is 0 Å². The van der Waals surface area contributed by atoms with Crippen molar-refractivity contribution in [1.82, 2.24) is 10.4 Å². The number of carbonyl (C=O) groups is 5. The number of anilines is 1. The van der Waals surface area contributed by atoms with Gasteiger partial charge in [0.15, 0.2) is 0 Å². The second kappa shape index (κ2) is 7.23. The summed E-state index contributed by atoms with van der Waals surface area (Å²) in [5.41, 5.74) is 5.23. The maximum atomic E-state index is 13.1. The van der Waals surface area contributed by atoms with Gasteiger partial charge >= 0.3 is 0 Å². The highest BCUT2D eigenvalue weighted by molar-refractivity contribution is 6.35. The lowest BCUT2D eigenvalue weighted by Crippen LogP contribution is -2.45. The average molecular weight is 439 g/mol. The van der Waals surface area contributed by atoms with Crippen molar-refractivity contribution in [2.75, 3.05) is 4.90 Å². The Kier molecular flexibility index (Phi) is 4.45. The molecule has 0 saturated heterocycles. The first kappa shape index (κ1) is 20.3. The molecule has 0 saturated carbocycles. The van der Waals surface area contributed by atoms with E-state index in [-0.39, 0.29) is 27.8 Å². The van der Waals surface area contributed by atoms with Crippen molar-refractivity contribution < 1.29 is 24.0 Å². The van der Waals surface area contributed by atoms with Crippen LogP contribution in [0.15, 0.2) is 60.7 Å². The van der Waals surface area contributed by atoms with E-state index in [0.717, 1.165) is 16.0 Å². The van der Waals surface area contributed by atoms with Crippen molar-refractivity contribution >= 4 is 35.2 Å². The van der Waals surface area contributed by atoms with E-state index >= 15 is 0 Å². The van der Waals surface area contributed by atoms with Crippen molar-refractivity contribution in [2.45, 2.75) is 13.8 Å². The maximum Gasteiger partial charge on any atom is 0.280 e. The SMILES string of the molecule is Cc1ccc(N2C(=O)c3ccc(C(=O)NN4C(=O)c5ccccc5C4=O)cc3C2=O)c(C)c1. The monoisotopic (exact) mass is 439 g/mol. The quantitative estimate of drug-likeness (QED) is 0.632. The molecular formula is C25H17N3O5. The van der Waals surface area contributed by atoms with Gasteiger partial charge in [-0.1, -0.05) is 29.8 Å². The minimum Gasteiger partial charge on any atom is -0.268 e. The Morgan fingerprint density at radius 3 is 1.94 bits per heavy atom. The molecule has 0 bridgehead atoms. The molecule has 2 aliphatic heterocycles. The van der Waals surface area contributed by atoms with Gasteiger partial charge in [0.1, 0.15) is 0 Å². The van der Waals surface area contributed by atoms with Gasteiger partial charge < -0.3 is 0 Å². The first-order valence-electron chi connectivity index (χ1n) is 10.2. The lowest BCUT2D eigenvalue weighted by Gasteiger charge is -2.17. The van der Waals surface area contributed by atoms with Crippen molar-refractivity contribution in [3.63, 3.8) is 0 Å². The summed E-state index contributed by atoms with van der Waals surface area (Å²) >= 11 is 0. The van der Waals surface area contributed by atoms with Crippen LogP contribution in [-0.4, -0.2) is 34.5 Å². The Labute approximate surface area is 188 Å². The van der Waals surface area contributed by atoms with E-state index < -0.39 is 29.5 Å². The number of benzene rings is 3. The van der Waals surface area contributed by atoms with Gasteiger partial charge in [-0.15, -0.1) is 0 Å². The summed E-state index contributed by atoms with van der Waals surface area (Å²) in [7, 11) is 0. The number of carbonyl (C=O) groups excluding carboxylic acids is 5. The van der Waals surface area contributed by atoms with Gasteiger partial charge in [-0.25, -0.2) is 4.90 Å². The van der Waals surface area contributed by atoms with Crippen LogP contribution >= 0.6 is 0 Å². The number of nitrogens with one attached hydrogen (secondary N) is 1. The molecule has 0 spiro atoms. The zero-order valence-electron chi connectivity index (χ0n) is 17.7. The molecule has 5 amide bonds. The third-order valence-corrected chi connectivity index (χ3v) is 5.75. The molecule has 0 atom stereocenters. The van der Waals surface area contributed by atoms with Crippen LogP contribution in [0.2, 0.25) is 0 Å². The fraction of sp³-hybridized carbons (Fsp3) is 0.0800. The molecule has 2 heterocycles. The molecule has 0 unspecified atom stereocenters. The van der Waals surface area contributed by atoms with E-state index in [4.69, 9.17) is 0 Å². The second-order valence-corrected chi connectivity index (χ2v) is 7.93. The lowest BCUT2D eigenvalue weighted by molar-refractivity contribution is 0.0518. The van der Waals surface area contributed by atoms with Gasteiger partial charge in [-0.2, -0.15) is 5.01 Å². The predicted octanol–water partition coefficient (Wildman–Crippen LogP) is 3.05. The van der Waals surface area contributed by atoms with Gasteiger partial charge in [-0.3, -0.25) is 29.4 Å². The van der Waals surface area contributed by atoms with Crippen molar-refractivity contribution in [3.8, 4) is 0 Å². The van der Waals surface area contributed by atoms with Gasteiger partial charge in [0.25, 0.3) is 29.5 Å². The molecule has 3 aromatic rings. The third kappa shape index (κ3) is 3.03. The van der Waals surface area contributed by atoms with Crippen molar-refractivity contribution in [3.05, 3.63) is 99.6 Å². The highest BCUT2D eigenvalue weighted by Gasteiger charge is 2.39. The summed E-state index contributed by atoms with van der Waals surface area (Å²) in [6, 6.07) is 15.7. The fourth-order valence-electron chi connectivity index (χ4n) is 4.11. The standard InChI is InChI=1S/C25H17N3O5/c1-13-7-10-20(14(2)11-13)27-22(30)18-9-8-15(12-19(18)23(27)31)21(29)26-28-24(32)16-5-3-4-6-17(16)25(28)33/h3-12H,1-2H3,(H,26,29). The van der Waals surface area contributed by atoms with Crippen LogP contribution in [0.3, 0.4) is 0 Å².